The van der Waals surface area contributed by atoms with Crippen molar-refractivity contribution in [1.29, 1.82) is 0 Å². The molecule has 0 fully saturated rings. The van der Waals surface area contributed by atoms with Gasteiger partial charge in [0, 0.05) is 12.1 Å². The summed E-state index contributed by atoms with van der Waals surface area (Å²) in [5.74, 6) is 5.96. The van der Waals surface area contributed by atoms with Crippen LogP contribution in [0.3, 0.4) is 0 Å². The van der Waals surface area contributed by atoms with Gasteiger partial charge in [0.1, 0.15) is 0 Å². The van der Waals surface area contributed by atoms with Crippen molar-refractivity contribution in [3.05, 3.63) is 77.9 Å². The molecular weight excluding hydrogens is 318 g/mol. The normalized spacial score (nSPS) is 11.5. The maximum absolute atomic E-state index is 12.8. The molecule has 0 atom stereocenters. The van der Waals surface area contributed by atoms with Gasteiger partial charge in [-0.05, 0) is 38.1 Å². The van der Waals surface area contributed by atoms with E-state index < -0.39 is 10.0 Å². The highest BCUT2D eigenvalue weighted by Gasteiger charge is 2.22. The number of sulfonamides is 1. The van der Waals surface area contributed by atoms with Crippen LogP contribution in [-0.4, -0.2) is 25.8 Å². The van der Waals surface area contributed by atoms with Gasteiger partial charge in [0.2, 0.25) is 10.0 Å². The molecule has 0 aliphatic heterocycles. The van der Waals surface area contributed by atoms with Gasteiger partial charge >= 0.3 is 0 Å². The molecule has 24 heavy (non-hydrogen) atoms. The van der Waals surface area contributed by atoms with Gasteiger partial charge < -0.3 is 0 Å². The summed E-state index contributed by atoms with van der Waals surface area (Å²) in [6.45, 7) is 4.25. The Bertz CT molecular complexity index is 842. The molecule has 0 N–H and O–H groups in total. The molecule has 0 bridgehead atoms. The lowest BCUT2D eigenvalue weighted by atomic mass is 10.2. The van der Waals surface area contributed by atoms with Crippen molar-refractivity contribution < 1.29 is 8.42 Å². The van der Waals surface area contributed by atoms with Gasteiger partial charge in [-0.15, -0.1) is 0 Å². The SMILES string of the molecule is C/C=C/CN(CC#Cc1ccccc1)S(=O)(=O)c1ccc(C)cc1. The van der Waals surface area contributed by atoms with Gasteiger partial charge in [0.05, 0.1) is 11.4 Å². The van der Waals surface area contributed by atoms with Crippen molar-refractivity contribution in [1.82, 2.24) is 4.31 Å². The Hall–Kier alpha value is -2.35. The lowest BCUT2D eigenvalue weighted by Crippen LogP contribution is -2.31. The van der Waals surface area contributed by atoms with Gasteiger partial charge in [-0.1, -0.05) is 59.9 Å². The minimum Gasteiger partial charge on any atom is -0.207 e. The molecule has 3 nitrogen and oxygen atoms in total. The first-order valence-electron chi connectivity index (χ1n) is 7.76. The maximum Gasteiger partial charge on any atom is 0.244 e. The van der Waals surface area contributed by atoms with Crippen molar-refractivity contribution in [3.8, 4) is 11.8 Å². The van der Waals surface area contributed by atoms with Crippen LogP contribution in [0.2, 0.25) is 0 Å². The van der Waals surface area contributed by atoms with Gasteiger partial charge in [-0.25, -0.2) is 8.42 Å². The number of nitrogens with zero attached hydrogens (tertiary/aromatic N) is 1. The fourth-order valence-electron chi connectivity index (χ4n) is 2.08. The van der Waals surface area contributed by atoms with Crippen LogP contribution in [0, 0.1) is 18.8 Å². The predicted octanol–water partition coefficient (Wildman–Crippen LogP) is 3.61. The van der Waals surface area contributed by atoms with E-state index in [1.165, 1.54) is 4.31 Å². The van der Waals surface area contributed by atoms with E-state index in [-0.39, 0.29) is 6.54 Å². The van der Waals surface area contributed by atoms with Crippen LogP contribution in [0.1, 0.15) is 18.1 Å². The van der Waals surface area contributed by atoms with Crippen molar-refractivity contribution in [3.63, 3.8) is 0 Å². The average molecular weight is 339 g/mol. The van der Waals surface area contributed by atoms with Crippen LogP contribution in [0.5, 0.6) is 0 Å². The molecule has 2 aromatic carbocycles. The van der Waals surface area contributed by atoms with Gasteiger partial charge in [0.25, 0.3) is 0 Å². The van der Waals surface area contributed by atoms with E-state index in [9.17, 15) is 8.42 Å². The summed E-state index contributed by atoms with van der Waals surface area (Å²) in [6, 6.07) is 16.4. The zero-order valence-corrected chi connectivity index (χ0v) is 14.8. The Morgan fingerprint density at radius 1 is 1.04 bits per heavy atom. The van der Waals surface area contributed by atoms with E-state index in [1.54, 1.807) is 24.3 Å². The molecule has 0 saturated carbocycles. The number of aryl methyl sites for hydroxylation is 1. The topological polar surface area (TPSA) is 37.4 Å². The van der Waals surface area contributed by atoms with Crippen LogP contribution in [0.4, 0.5) is 0 Å². The Labute approximate surface area is 144 Å². The monoisotopic (exact) mass is 339 g/mol. The van der Waals surface area contributed by atoms with E-state index in [4.69, 9.17) is 0 Å². The van der Waals surface area contributed by atoms with E-state index in [1.807, 2.05) is 56.3 Å². The first-order valence-corrected chi connectivity index (χ1v) is 9.20. The number of rotatable bonds is 5. The van der Waals surface area contributed by atoms with E-state index >= 15 is 0 Å². The van der Waals surface area contributed by atoms with Gasteiger partial charge in [-0.3, -0.25) is 0 Å². The Kier molecular flexibility index (Phi) is 6.36. The predicted molar refractivity (Wildman–Crippen MR) is 98.1 cm³/mol. The second-order valence-electron chi connectivity index (χ2n) is 5.35. The number of allylic oxidation sites excluding steroid dienone is 1. The molecule has 0 unspecified atom stereocenters. The molecular formula is C20H21NO2S. The zero-order chi connectivity index (χ0) is 17.4. The third-order valence-corrected chi connectivity index (χ3v) is 5.29. The lowest BCUT2D eigenvalue weighted by molar-refractivity contribution is 0.478. The molecule has 0 saturated heterocycles. The third-order valence-electron chi connectivity index (χ3n) is 3.47. The summed E-state index contributed by atoms with van der Waals surface area (Å²) in [5.41, 5.74) is 1.90. The molecule has 0 radical (unpaired) electrons. The molecule has 2 aromatic rings. The van der Waals surface area contributed by atoms with Gasteiger partial charge in [0.15, 0.2) is 0 Å². The van der Waals surface area contributed by atoms with Crippen LogP contribution < -0.4 is 0 Å². The van der Waals surface area contributed by atoms with Crippen LogP contribution in [-0.2, 0) is 10.0 Å². The highest BCUT2D eigenvalue weighted by Crippen LogP contribution is 2.16. The standard InChI is InChI=1S/C20H21NO2S/c1-3-4-16-21(17-8-11-19-9-6-5-7-10-19)24(22,23)20-14-12-18(2)13-15-20/h3-7,9-10,12-15H,16-17H2,1-2H3/b4-3+. The van der Waals surface area contributed by atoms with Crippen molar-refractivity contribution in [2.24, 2.45) is 0 Å². The van der Waals surface area contributed by atoms with Crippen LogP contribution in [0.15, 0.2) is 71.6 Å². The molecule has 4 heteroatoms. The Morgan fingerprint density at radius 2 is 1.71 bits per heavy atom. The molecule has 124 valence electrons. The summed E-state index contributed by atoms with van der Waals surface area (Å²) in [4.78, 5) is 0.291. The molecule has 0 aliphatic carbocycles. The van der Waals surface area contributed by atoms with E-state index in [0.717, 1.165) is 11.1 Å². The lowest BCUT2D eigenvalue weighted by Gasteiger charge is -2.18. The summed E-state index contributed by atoms with van der Waals surface area (Å²) in [6.07, 6.45) is 3.65. The minimum absolute atomic E-state index is 0.148. The number of hydrogen-bond acceptors (Lipinski definition) is 2. The van der Waals surface area contributed by atoms with Crippen molar-refractivity contribution in [2.75, 3.05) is 13.1 Å². The Morgan fingerprint density at radius 3 is 2.33 bits per heavy atom. The summed E-state index contributed by atoms with van der Waals surface area (Å²) < 4.78 is 27.0. The van der Waals surface area contributed by atoms with E-state index in [0.29, 0.717) is 11.4 Å². The van der Waals surface area contributed by atoms with Crippen LogP contribution >= 0.6 is 0 Å². The Balaban J connectivity index is 2.24. The first kappa shape index (κ1) is 18.0. The summed E-state index contributed by atoms with van der Waals surface area (Å²) in [5, 5.41) is 0. The first-order chi connectivity index (χ1) is 11.5. The molecule has 0 amide bonds. The largest absolute Gasteiger partial charge is 0.244 e. The molecule has 0 aromatic heterocycles. The number of hydrogen-bond donors (Lipinski definition) is 0. The molecule has 0 spiro atoms. The fraction of sp³-hybridized carbons (Fsp3) is 0.200. The highest BCUT2D eigenvalue weighted by atomic mass is 32.2. The molecule has 2 rings (SSSR count). The number of benzene rings is 2. The molecule has 0 heterocycles. The smallest absolute Gasteiger partial charge is 0.207 e. The summed E-state index contributed by atoms with van der Waals surface area (Å²) >= 11 is 0. The van der Waals surface area contributed by atoms with Crippen molar-refractivity contribution in [2.45, 2.75) is 18.7 Å². The van der Waals surface area contributed by atoms with E-state index in [2.05, 4.69) is 11.8 Å². The second kappa shape index (κ2) is 8.49. The highest BCUT2D eigenvalue weighted by molar-refractivity contribution is 7.89. The summed E-state index contributed by atoms with van der Waals surface area (Å²) in [7, 11) is -3.56. The maximum atomic E-state index is 12.8. The fourth-order valence-corrected chi connectivity index (χ4v) is 3.38. The van der Waals surface area contributed by atoms with Crippen molar-refractivity contribution >= 4 is 10.0 Å². The average Bonchev–Trinajstić information content (AvgIpc) is 2.59. The molecule has 0 aliphatic rings. The minimum atomic E-state index is -3.56. The zero-order valence-electron chi connectivity index (χ0n) is 13.9. The second-order valence-corrected chi connectivity index (χ2v) is 7.29. The van der Waals surface area contributed by atoms with Crippen LogP contribution in [0.25, 0.3) is 0 Å². The quantitative estimate of drug-likeness (QED) is 0.616. The third kappa shape index (κ3) is 4.82. The van der Waals surface area contributed by atoms with Gasteiger partial charge in [-0.2, -0.15) is 4.31 Å².